The van der Waals surface area contributed by atoms with E-state index in [-0.39, 0.29) is 11.5 Å². The van der Waals surface area contributed by atoms with Crippen LogP contribution in [0.3, 0.4) is 0 Å². The van der Waals surface area contributed by atoms with E-state index in [0.29, 0.717) is 29.4 Å². The van der Waals surface area contributed by atoms with E-state index in [1.807, 2.05) is 31.2 Å². The fourth-order valence-electron chi connectivity index (χ4n) is 2.76. The molecule has 0 aliphatic heterocycles. The highest BCUT2D eigenvalue weighted by molar-refractivity contribution is 6.09. The summed E-state index contributed by atoms with van der Waals surface area (Å²) >= 11 is 0. The molecule has 6 heteroatoms. The van der Waals surface area contributed by atoms with E-state index in [4.69, 9.17) is 9.15 Å². The van der Waals surface area contributed by atoms with Gasteiger partial charge in [0.15, 0.2) is 0 Å². The zero-order valence-electron chi connectivity index (χ0n) is 16.6. The van der Waals surface area contributed by atoms with Crippen molar-refractivity contribution in [1.29, 1.82) is 5.26 Å². The number of hydrogen-bond acceptors (Lipinski definition) is 5. The Balaban J connectivity index is 1.76. The first-order valence-electron chi connectivity index (χ1n) is 9.38. The third-order valence-corrected chi connectivity index (χ3v) is 4.35. The average Bonchev–Trinajstić information content (AvgIpc) is 3.22. The molecule has 3 aromatic rings. The van der Waals surface area contributed by atoms with Gasteiger partial charge in [0.1, 0.15) is 23.2 Å². The molecular formula is C24H20N2O4. The van der Waals surface area contributed by atoms with Gasteiger partial charge in [-0.25, -0.2) is 4.79 Å². The summed E-state index contributed by atoms with van der Waals surface area (Å²) in [6.07, 6.45) is 1.39. The number of nitrogens with zero attached hydrogens (tertiary/aromatic N) is 1. The Morgan fingerprint density at radius 1 is 1.10 bits per heavy atom. The van der Waals surface area contributed by atoms with E-state index in [0.717, 1.165) is 11.1 Å². The maximum Gasteiger partial charge on any atom is 0.338 e. The summed E-state index contributed by atoms with van der Waals surface area (Å²) in [5.74, 6) is 0.0261. The van der Waals surface area contributed by atoms with Gasteiger partial charge in [-0.2, -0.15) is 5.26 Å². The van der Waals surface area contributed by atoms with E-state index in [9.17, 15) is 14.9 Å². The largest absolute Gasteiger partial charge is 0.462 e. The minimum absolute atomic E-state index is 0.0724. The molecule has 0 aliphatic rings. The van der Waals surface area contributed by atoms with Gasteiger partial charge in [-0.05, 0) is 49.7 Å². The smallest absolute Gasteiger partial charge is 0.338 e. The van der Waals surface area contributed by atoms with Crippen molar-refractivity contribution < 1.29 is 18.7 Å². The van der Waals surface area contributed by atoms with Crippen LogP contribution >= 0.6 is 0 Å². The quantitative estimate of drug-likeness (QED) is 0.358. The lowest BCUT2D eigenvalue weighted by atomic mass is 10.1. The van der Waals surface area contributed by atoms with Crippen LogP contribution in [0.4, 0.5) is 5.69 Å². The Hall–Kier alpha value is -4.11. The molecule has 0 atom stereocenters. The van der Waals surface area contributed by atoms with Crippen molar-refractivity contribution in [3.63, 3.8) is 0 Å². The first-order valence-corrected chi connectivity index (χ1v) is 9.38. The average molecular weight is 400 g/mol. The number of aryl methyl sites for hydroxylation is 1. The second kappa shape index (κ2) is 9.39. The first kappa shape index (κ1) is 20.6. The Labute approximate surface area is 174 Å². The highest BCUT2D eigenvalue weighted by Crippen LogP contribution is 2.24. The van der Waals surface area contributed by atoms with Crippen molar-refractivity contribution in [2.45, 2.75) is 13.8 Å². The van der Waals surface area contributed by atoms with Gasteiger partial charge < -0.3 is 14.5 Å². The van der Waals surface area contributed by atoms with Crippen LogP contribution in [0.5, 0.6) is 0 Å². The number of carbonyl (C=O) groups is 2. The summed E-state index contributed by atoms with van der Waals surface area (Å²) in [4.78, 5) is 24.2. The van der Waals surface area contributed by atoms with Crippen LogP contribution in [0.1, 0.15) is 28.6 Å². The zero-order valence-corrected chi connectivity index (χ0v) is 16.6. The number of nitrogens with one attached hydrogen (secondary N) is 1. The van der Waals surface area contributed by atoms with Crippen molar-refractivity contribution in [2.75, 3.05) is 11.9 Å². The molecule has 1 heterocycles. The van der Waals surface area contributed by atoms with Crippen LogP contribution < -0.4 is 5.32 Å². The molecule has 0 saturated heterocycles. The minimum atomic E-state index is -0.511. The molecule has 2 aromatic carbocycles. The normalized spacial score (nSPS) is 10.9. The zero-order chi connectivity index (χ0) is 21.5. The van der Waals surface area contributed by atoms with Crippen LogP contribution in [-0.4, -0.2) is 18.5 Å². The topological polar surface area (TPSA) is 92.3 Å². The fourth-order valence-corrected chi connectivity index (χ4v) is 2.76. The molecule has 1 amide bonds. The summed E-state index contributed by atoms with van der Waals surface area (Å²) in [5, 5.41) is 12.1. The predicted molar refractivity (Wildman–Crippen MR) is 113 cm³/mol. The molecule has 150 valence electrons. The number of carbonyl (C=O) groups excluding carboxylic acids is 2. The summed E-state index contributed by atoms with van der Waals surface area (Å²) in [6, 6.07) is 19.4. The van der Waals surface area contributed by atoms with Gasteiger partial charge in [0.2, 0.25) is 0 Å². The van der Waals surface area contributed by atoms with Crippen molar-refractivity contribution in [3.8, 4) is 17.4 Å². The molecule has 0 radical (unpaired) electrons. The molecule has 0 unspecified atom stereocenters. The Kier molecular flexibility index (Phi) is 6.46. The van der Waals surface area contributed by atoms with Gasteiger partial charge in [0, 0.05) is 17.3 Å². The van der Waals surface area contributed by atoms with Crippen molar-refractivity contribution in [2.24, 2.45) is 0 Å². The Morgan fingerprint density at radius 3 is 2.50 bits per heavy atom. The van der Waals surface area contributed by atoms with Gasteiger partial charge >= 0.3 is 5.97 Å². The lowest BCUT2D eigenvalue weighted by Crippen LogP contribution is -2.14. The van der Waals surface area contributed by atoms with Crippen molar-refractivity contribution in [1.82, 2.24) is 0 Å². The number of furan rings is 1. The van der Waals surface area contributed by atoms with Gasteiger partial charge in [0.05, 0.1) is 12.2 Å². The number of benzene rings is 2. The molecule has 3 rings (SSSR count). The monoisotopic (exact) mass is 400 g/mol. The highest BCUT2D eigenvalue weighted by Gasteiger charge is 2.13. The molecule has 1 N–H and O–H groups in total. The fraction of sp³-hybridized carbons (Fsp3) is 0.125. The number of esters is 1. The van der Waals surface area contributed by atoms with Gasteiger partial charge in [0.25, 0.3) is 5.91 Å². The molecular weight excluding hydrogens is 380 g/mol. The molecule has 0 spiro atoms. The number of ether oxygens (including phenoxy) is 1. The minimum Gasteiger partial charge on any atom is -0.462 e. The summed E-state index contributed by atoms with van der Waals surface area (Å²) in [5.41, 5.74) is 2.68. The third-order valence-electron chi connectivity index (χ3n) is 4.35. The Bertz CT molecular complexity index is 1130. The number of nitriles is 1. The number of amides is 1. The SMILES string of the molecule is CCOC(=O)c1ccc(-c2ccc(C=C(C#N)C(=O)Nc3ccccc3C)o2)cc1. The number of rotatable bonds is 6. The number of para-hydroxylation sites is 1. The molecule has 0 fully saturated rings. The Morgan fingerprint density at radius 2 is 1.83 bits per heavy atom. The van der Waals surface area contributed by atoms with E-state index in [2.05, 4.69) is 5.32 Å². The molecule has 0 saturated carbocycles. The van der Waals surface area contributed by atoms with Gasteiger partial charge in [-0.3, -0.25) is 4.79 Å². The standard InChI is InChI=1S/C24H20N2O4/c1-3-29-24(28)18-10-8-17(9-11-18)22-13-12-20(30-22)14-19(15-25)23(27)26-21-7-5-4-6-16(21)2/h4-14H,3H2,1-2H3,(H,26,27). The van der Waals surface area contributed by atoms with Crippen LogP contribution in [0, 0.1) is 18.3 Å². The van der Waals surface area contributed by atoms with Crippen molar-refractivity contribution >= 4 is 23.6 Å². The lowest BCUT2D eigenvalue weighted by Gasteiger charge is -2.06. The van der Waals surface area contributed by atoms with Crippen LogP contribution in [0.2, 0.25) is 0 Å². The first-order chi connectivity index (χ1) is 14.5. The summed E-state index contributed by atoms with van der Waals surface area (Å²) < 4.78 is 10.7. The van der Waals surface area contributed by atoms with Gasteiger partial charge in [-0.1, -0.05) is 30.3 Å². The molecule has 0 bridgehead atoms. The summed E-state index contributed by atoms with van der Waals surface area (Å²) in [7, 11) is 0. The number of anilines is 1. The van der Waals surface area contributed by atoms with Crippen LogP contribution in [0.15, 0.2) is 70.7 Å². The molecule has 1 aromatic heterocycles. The highest BCUT2D eigenvalue weighted by atomic mass is 16.5. The maximum atomic E-state index is 12.4. The second-order valence-electron chi connectivity index (χ2n) is 6.44. The predicted octanol–water partition coefficient (Wildman–Crippen LogP) is 4.98. The number of hydrogen-bond donors (Lipinski definition) is 1. The molecule has 30 heavy (non-hydrogen) atoms. The van der Waals surface area contributed by atoms with E-state index < -0.39 is 5.91 Å². The summed E-state index contributed by atoms with van der Waals surface area (Å²) in [6.45, 7) is 3.94. The van der Waals surface area contributed by atoms with E-state index in [1.165, 1.54) is 6.08 Å². The van der Waals surface area contributed by atoms with Crippen LogP contribution in [0.25, 0.3) is 17.4 Å². The van der Waals surface area contributed by atoms with Gasteiger partial charge in [-0.15, -0.1) is 0 Å². The van der Waals surface area contributed by atoms with Crippen LogP contribution in [-0.2, 0) is 9.53 Å². The second-order valence-corrected chi connectivity index (χ2v) is 6.44. The maximum absolute atomic E-state index is 12.4. The lowest BCUT2D eigenvalue weighted by molar-refractivity contribution is -0.112. The molecule has 6 nitrogen and oxygen atoms in total. The third kappa shape index (κ3) is 4.83. The molecule has 0 aliphatic carbocycles. The van der Waals surface area contributed by atoms with E-state index >= 15 is 0 Å². The van der Waals surface area contributed by atoms with E-state index in [1.54, 1.807) is 49.4 Å². The van der Waals surface area contributed by atoms with Crippen molar-refractivity contribution in [3.05, 3.63) is 83.1 Å².